The third-order valence-corrected chi connectivity index (χ3v) is 2.42. The summed E-state index contributed by atoms with van der Waals surface area (Å²) in [4.78, 5) is 11.8. The van der Waals surface area contributed by atoms with Crippen LogP contribution in [0.1, 0.15) is 20.1 Å². The minimum Gasteiger partial charge on any atom is -0.391 e. The van der Waals surface area contributed by atoms with E-state index in [-0.39, 0.29) is 6.61 Å². The van der Waals surface area contributed by atoms with E-state index in [4.69, 9.17) is 5.11 Å². The fourth-order valence-electron chi connectivity index (χ4n) is 0.759. The summed E-state index contributed by atoms with van der Waals surface area (Å²) in [5.74, 6) is 0. The van der Waals surface area contributed by atoms with Gasteiger partial charge in [0, 0.05) is 4.88 Å². The normalized spacial score (nSPS) is 9.80. The smallest absolute Gasteiger partial charge is 0.160 e. The Morgan fingerprint density at radius 3 is 2.80 bits per heavy atom. The molecular formula is C7H8O2S. The van der Waals surface area contributed by atoms with Crippen molar-refractivity contribution in [3.05, 3.63) is 21.4 Å². The third-order valence-electron chi connectivity index (χ3n) is 1.27. The molecule has 1 N–H and O–H groups in total. The lowest BCUT2D eigenvalue weighted by Crippen LogP contribution is -1.72. The van der Waals surface area contributed by atoms with Crippen LogP contribution in [0.15, 0.2) is 6.07 Å². The summed E-state index contributed by atoms with van der Waals surface area (Å²) in [6.07, 6.45) is 0.819. The Balaban J connectivity index is 3.03. The van der Waals surface area contributed by atoms with Crippen LogP contribution in [0.5, 0.6) is 0 Å². The Labute approximate surface area is 63.1 Å². The zero-order valence-electron chi connectivity index (χ0n) is 5.63. The number of carbonyl (C=O) groups excluding carboxylic acids is 1. The lowest BCUT2D eigenvalue weighted by atomic mass is 10.3. The second kappa shape index (κ2) is 2.94. The van der Waals surface area contributed by atoms with Crippen LogP contribution in [-0.2, 0) is 6.61 Å². The Bertz CT molecular complexity index is 240. The molecule has 1 heterocycles. The van der Waals surface area contributed by atoms with E-state index in [0.29, 0.717) is 4.88 Å². The van der Waals surface area contributed by atoms with Gasteiger partial charge in [-0.15, -0.1) is 11.3 Å². The second-order valence-corrected chi connectivity index (χ2v) is 3.20. The topological polar surface area (TPSA) is 37.3 Å². The van der Waals surface area contributed by atoms with Gasteiger partial charge in [0.2, 0.25) is 0 Å². The van der Waals surface area contributed by atoms with Crippen LogP contribution in [0.2, 0.25) is 0 Å². The van der Waals surface area contributed by atoms with Gasteiger partial charge in [-0.1, -0.05) is 0 Å². The van der Waals surface area contributed by atoms with Gasteiger partial charge >= 0.3 is 0 Å². The SMILES string of the molecule is Cc1cc(CO)sc1C=O. The predicted octanol–water partition coefficient (Wildman–Crippen LogP) is 1.36. The molecule has 0 radical (unpaired) electrons. The number of aliphatic hydroxyl groups excluding tert-OH is 1. The van der Waals surface area contributed by atoms with E-state index >= 15 is 0 Å². The van der Waals surface area contributed by atoms with E-state index in [1.54, 1.807) is 0 Å². The number of carbonyl (C=O) groups is 1. The van der Waals surface area contributed by atoms with Crippen LogP contribution in [0.3, 0.4) is 0 Å². The summed E-state index contributed by atoms with van der Waals surface area (Å²) in [6, 6.07) is 1.83. The standard InChI is InChI=1S/C7H8O2S/c1-5-2-6(3-8)10-7(5)4-9/h2,4,8H,3H2,1H3. The molecular weight excluding hydrogens is 148 g/mol. The predicted molar refractivity (Wildman–Crippen MR) is 40.4 cm³/mol. The molecule has 0 fully saturated rings. The van der Waals surface area contributed by atoms with Crippen molar-refractivity contribution in [3.8, 4) is 0 Å². The van der Waals surface area contributed by atoms with Crippen LogP contribution in [0.4, 0.5) is 0 Å². The summed E-state index contributed by atoms with van der Waals surface area (Å²) in [7, 11) is 0. The van der Waals surface area contributed by atoms with Crippen molar-refractivity contribution < 1.29 is 9.90 Å². The maximum atomic E-state index is 10.3. The quantitative estimate of drug-likeness (QED) is 0.656. The van der Waals surface area contributed by atoms with Crippen molar-refractivity contribution in [1.82, 2.24) is 0 Å². The maximum absolute atomic E-state index is 10.3. The molecule has 1 rings (SSSR count). The van der Waals surface area contributed by atoms with Gasteiger partial charge in [0.25, 0.3) is 0 Å². The van der Waals surface area contributed by atoms with E-state index in [1.807, 2.05) is 13.0 Å². The summed E-state index contributed by atoms with van der Waals surface area (Å²) in [5.41, 5.74) is 0.948. The molecule has 0 aromatic carbocycles. The summed E-state index contributed by atoms with van der Waals surface area (Å²) < 4.78 is 0. The van der Waals surface area contributed by atoms with Crippen LogP contribution < -0.4 is 0 Å². The number of hydrogen-bond acceptors (Lipinski definition) is 3. The average molecular weight is 156 g/mol. The molecule has 0 atom stereocenters. The van der Waals surface area contributed by atoms with Gasteiger partial charge in [0.1, 0.15) is 0 Å². The van der Waals surface area contributed by atoms with Crippen molar-refractivity contribution in [2.45, 2.75) is 13.5 Å². The molecule has 0 amide bonds. The summed E-state index contributed by atoms with van der Waals surface area (Å²) in [5, 5.41) is 8.67. The Morgan fingerprint density at radius 1 is 1.80 bits per heavy atom. The van der Waals surface area contributed by atoms with Crippen LogP contribution in [0.25, 0.3) is 0 Å². The maximum Gasteiger partial charge on any atom is 0.160 e. The molecule has 0 aliphatic carbocycles. The molecule has 54 valence electrons. The molecule has 1 aromatic heterocycles. The van der Waals surface area contributed by atoms with Crippen molar-refractivity contribution in [3.63, 3.8) is 0 Å². The first kappa shape index (κ1) is 7.44. The van der Waals surface area contributed by atoms with E-state index in [0.717, 1.165) is 16.7 Å². The molecule has 0 saturated carbocycles. The second-order valence-electron chi connectivity index (χ2n) is 2.04. The molecule has 0 spiro atoms. The van der Waals surface area contributed by atoms with Crippen molar-refractivity contribution in [1.29, 1.82) is 0 Å². The number of aldehydes is 1. The van der Waals surface area contributed by atoms with Crippen molar-refractivity contribution in [2.75, 3.05) is 0 Å². The molecule has 0 saturated heterocycles. The van der Waals surface area contributed by atoms with Gasteiger partial charge < -0.3 is 5.11 Å². The van der Waals surface area contributed by atoms with Gasteiger partial charge in [-0.2, -0.15) is 0 Å². The van der Waals surface area contributed by atoms with E-state index in [2.05, 4.69) is 0 Å². The zero-order valence-corrected chi connectivity index (χ0v) is 6.44. The van der Waals surface area contributed by atoms with Gasteiger partial charge in [0.15, 0.2) is 6.29 Å². The van der Waals surface area contributed by atoms with Gasteiger partial charge in [-0.25, -0.2) is 0 Å². The third kappa shape index (κ3) is 1.25. The van der Waals surface area contributed by atoms with Gasteiger partial charge in [0.05, 0.1) is 11.5 Å². The van der Waals surface area contributed by atoms with Gasteiger partial charge in [-0.05, 0) is 18.6 Å². The number of aliphatic hydroxyl groups is 1. The monoisotopic (exact) mass is 156 g/mol. The largest absolute Gasteiger partial charge is 0.391 e. The van der Waals surface area contributed by atoms with Crippen LogP contribution in [-0.4, -0.2) is 11.4 Å². The van der Waals surface area contributed by atoms with Gasteiger partial charge in [-0.3, -0.25) is 4.79 Å². The van der Waals surface area contributed by atoms with Crippen LogP contribution >= 0.6 is 11.3 Å². The minimum absolute atomic E-state index is 0.0271. The fourth-order valence-corrected chi connectivity index (χ4v) is 1.61. The first-order valence-corrected chi connectivity index (χ1v) is 3.75. The highest BCUT2D eigenvalue weighted by Crippen LogP contribution is 2.19. The first-order chi connectivity index (χ1) is 4.77. The molecule has 0 unspecified atom stereocenters. The van der Waals surface area contributed by atoms with E-state index in [9.17, 15) is 4.79 Å². The minimum atomic E-state index is 0.0271. The fraction of sp³-hybridized carbons (Fsp3) is 0.286. The molecule has 0 aliphatic rings. The molecule has 0 aliphatic heterocycles. The van der Waals surface area contributed by atoms with E-state index in [1.165, 1.54) is 11.3 Å². The average Bonchev–Trinajstić information content (AvgIpc) is 2.30. The summed E-state index contributed by atoms with van der Waals surface area (Å²) in [6.45, 7) is 1.89. The van der Waals surface area contributed by atoms with Crippen molar-refractivity contribution in [2.24, 2.45) is 0 Å². The Hall–Kier alpha value is -0.670. The highest BCUT2D eigenvalue weighted by atomic mass is 32.1. The Morgan fingerprint density at radius 2 is 2.50 bits per heavy atom. The van der Waals surface area contributed by atoms with Crippen LogP contribution in [0, 0.1) is 6.92 Å². The summed E-state index contributed by atoms with van der Waals surface area (Å²) >= 11 is 1.34. The first-order valence-electron chi connectivity index (χ1n) is 2.93. The lowest BCUT2D eigenvalue weighted by molar-refractivity contribution is 0.112. The Kier molecular flexibility index (Phi) is 2.19. The lowest BCUT2D eigenvalue weighted by Gasteiger charge is -1.80. The number of hydrogen-bond donors (Lipinski definition) is 1. The molecule has 10 heavy (non-hydrogen) atoms. The molecule has 1 aromatic rings. The molecule has 3 heteroatoms. The number of thiophene rings is 1. The molecule has 0 bridgehead atoms. The number of rotatable bonds is 2. The zero-order chi connectivity index (χ0) is 7.56. The van der Waals surface area contributed by atoms with E-state index < -0.39 is 0 Å². The van der Waals surface area contributed by atoms with Crippen molar-refractivity contribution >= 4 is 17.6 Å². The highest BCUT2D eigenvalue weighted by Gasteiger charge is 2.01. The molecule has 2 nitrogen and oxygen atoms in total. The number of aryl methyl sites for hydroxylation is 1. The highest BCUT2D eigenvalue weighted by molar-refractivity contribution is 7.13.